The normalized spacial score (nSPS) is 20.7. The highest BCUT2D eigenvalue weighted by Crippen LogP contribution is 2.30. The Kier molecular flexibility index (Phi) is 5.15. The van der Waals surface area contributed by atoms with E-state index < -0.39 is 28.1 Å². The maximum Gasteiger partial charge on any atom is 0.244 e. The average Bonchev–Trinajstić information content (AvgIpc) is 3.07. The second-order valence-corrected chi connectivity index (χ2v) is 7.85. The van der Waals surface area contributed by atoms with Crippen LogP contribution in [0.25, 0.3) is 0 Å². The van der Waals surface area contributed by atoms with Crippen molar-refractivity contribution in [3.8, 4) is 11.5 Å². The van der Waals surface area contributed by atoms with Gasteiger partial charge in [-0.25, -0.2) is 8.42 Å². The first-order chi connectivity index (χ1) is 12.4. The zero-order valence-corrected chi connectivity index (χ0v) is 15.1. The number of hydrogen-bond acceptors (Lipinski definition) is 5. The minimum atomic E-state index is -3.92. The number of nitrogens with zero attached hydrogens (tertiary/aromatic N) is 1. The van der Waals surface area contributed by atoms with E-state index in [1.807, 2.05) is 18.2 Å². The number of benzene rings is 2. The molecule has 0 spiro atoms. The quantitative estimate of drug-likeness (QED) is 0.821. The summed E-state index contributed by atoms with van der Waals surface area (Å²) in [5, 5.41) is 0. The molecule has 1 heterocycles. The Hall–Kier alpha value is -2.58. The van der Waals surface area contributed by atoms with Gasteiger partial charge < -0.3 is 15.2 Å². The summed E-state index contributed by atoms with van der Waals surface area (Å²) in [7, 11) is -2.46. The first kappa shape index (κ1) is 18.2. The van der Waals surface area contributed by atoms with E-state index >= 15 is 0 Å². The van der Waals surface area contributed by atoms with Gasteiger partial charge in [0.25, 0.3) is 0 Å². The number of amides is 1. The number of sulfonamides is 1. The molecule has 0 saturated carbocycles. The van der Waals surface area contributed by atoms with Crippen LogP contribution in [0.4, 0.5) is 0 Å². The van der Waals surface area contributed by atoms with Gasteiger partial charge in [-0.05, 0) is 24.3 Å². The third-order valence-electron chi connectivity index (χ3n) is 4.24. The number of carbonyl (C=O) groups excluding carboxylic acids is 1. The molecule has 1 aliphatic heterocycles. The van der Waals surface area contributed by atoms with Crippen molar-refractivity contribution in [1.29, 1.82) is 0 Å². The number of primary amides is 1. The van der Waals surface area contributed by atoms with E-state index in [4.69, 9.17) is 15.2 Å². The first-order valence-electron chi connectivity index (χ1n) is 8.08. The minimum absolute atomic E-state index is 0.0437. The second kappa shape index (κ2) is 7.35. The summed E-state index contributed by atoms with van der Waals surface area (Å²) in [5.41, 5.74) is 5.45. The highest BCUT2D eigenvalue weighted by atomic mass is 32.2. The molecule has 8 heteroatoms. The molecule has 1 saturated heterocycles. The molecule has 7 nitrogen and oxygen atoms in total. The van der Waals surface area contributed by atoms with Crippen molar-refractivity contribution in [3.63, 3.8) is 0 Å². The molecule has 3 rings (SSSR count). The van der Waals surface area contributed by atoms with Crippen LogP contribution in [-0.2, 0) is 14.8 Å². The van der Waals surface area contributed by atoms with Gasteiger partial charge in [0, 0.05) is 12.5 Å². The number of ether oxygens (including phenoxy) is 2. The molecule has 0 unspecified atom stereocenters. The highest BCUT2D eigenvalue weighted by Gasteiger charge is 2.44. The number of carbonyl (C=O) groups is 1. The minimum Gasteiger partial charge on any atom is -0.497 e. The number of rotatable bonds is 6. The number of para-hydroxylation sites is 1. The van der Waals surface area contributed by atoms with Gasteiger partial charge in [-0.3, -0.25) is 4.79 Å². The summed E-state index contributed by atoms with van der Waals surface area (Å²) >= 11 is 0. The number of methoxy groups -OCH3 is 1. The van der Waals surface area contributed by atoms with Gasteiger partial charge in [-0.1, -0.05) is 24.3 Å². The topological polar surface area (TPSA) is 98.9 Å². The monoisotopic (exact) mass is 376 g/mol. The van der Waals surface area contributed by atoms with E-state index in [9.17, 15) is 13.2 Å². The lowest BCUT2D eigenvalue weighted by Gasteiger charge is -2.21. The largest absolute Gasteiger partial charge is 0.497 e. The Labute approximate surface area is 152 Å². The van der Waals surface area contributed by atoms with Gasteiger partial charge in [-0.15, -0.1) is 0 Å². The standard InChI is InChI=1S/C18H20N2O5S/c1-24-14-8-5-9-16(10-14)26(22,23)20-12-15(11-17(20)18(19)21)25-13-6-3-2-4-7-13/h2-10,15,17H,11-12H2,1H3,(H2,19,21)/t15-,17-/m0/s1. The predicted octanol–water partition coefficient (Wildman–Crippen LogP) is 1.39. The molecule has 0 aromatic heterocycles. The molecule has 0 radical (unpaired) electrons. The summed E-state index contributed by atoms with van der Waals surface area (Å²) in [6.45, 7) is 0.0437. The summed E-state index contributed by atoms with van der Waals surface area (Å²) < 4.78 is 38.1. The zero-order chi connectivity index (χ0) is 18.7. The fourth-order valence-corrected chi connectivity index (χ4v) is 4.64. The Morgan fingerprint density at radius 1 is 1.12 bits per heavy atom. The molecule has 1 fully saturated rings. The van der Waals surface area contributed by atoms with E-state index in [1.165, 1.54) is 19.2 Å². The van der Waals surface area contributed by atoms with E-state index in [2.05, 4.69) is 0 Å². The van der Waals surface area contributed by atoms with Gasteiger partial charge in [-0.2, -0.15) is 4.31 Å². The Morgan fingerprint density at radius 2 is 1.81 bits per heavy atom. The van der Waals surface area contributed by atoms with Gasteiger partial charge in [0.05, 0.1) is 18.6 Å². The molecule has 138 valence electrons. The van der Waals surface area contributed by atoms with Gasteiger partial charge in [0.2, 0.25) is 15.9 Å². The van der Waals surface area contributed by atoms with Crippen molar-refractivity contribution in [3.05, 3.63) is 54.6 Å². The van der Waals surface area contributed by atoms with Crippen LogP contribution in [-0.4, -0.2) is 44.4 Å². The van der Waals surface area contributed by atoms with Gasteiger partial charge in [0.1, 0.15) is 23.6 Å². The van der Waals surface area contributed by atoms with Crippen LogP contribution in [0.1, 0.15) is 6.42 Å². The third kappa shape index (κ3) is 3.66. The molecule has 2 aromatic carbocycles. The zero-order valence-electron chi connectivity index (χ0n) is 14.2. The van der Waals surface area contributed by atoms with Crippen molar-refractivity contribution in [1.82, 2.24) is 4.31 Å². The lowest BCUT2D eigenvalue weighted by molar-refractivity contribution is -0.121. The van der Waals surface area contributed by atoms with Crippen LogP contribution in [0.15, 0.2) is 59.5 Å². The van der Waals surface area contributed by atoms with Crippen LogP contribution in [0.5, 0.6) is 11.5 Å². The number of hydrogen-bond donors (Lipinski definition) is 1. The summed E-state index contributed by atoms with van der Waals surface area (Å²) in [4.78, 5) is 11.9. The summed E-state index contributed by atoms with van der Waals surface area (Å²) in [6.07, 6.45) is -0.261. The fraction of sp³-hybridized carbons (Fsp3) is 0.278. The average molecular weight is 376 g/mol. The fourth-order valence-electron chi connectivity index (χ4n) is 2.97. The molecule has 1 aliphatic rings. The molecular formula is C18H20N2O5S. The van der Waals surface area contributed by atoms with Crippen molar-refractivity contribution < 1.29 is 22.7 Å². The predicted molar refractivity (Wildman–Crippen MR) is 95.3 cm³/mol. The molecule has 0 bridgehead atoms. The first-order valence-corrected chi connectivity index (χ1v) is 9.52. The Morgan fingerprint density at radius 3 is 2.46 bits per heavy atom. The SMILES string of the molecule is COc1cccc(S(=O)(=O)N2C[C@@H](Oc3ccccc3)C[C@H]2C(N)=O)c1. The van der Waals surface area contributed by atoms with Gasteiger partial charge in [0.15, 0.2) is 0 Å². The van der Waals surface area contributed by atoms with Gasteiger partial charge >= 0.3 is 0 Å². The van der Waals surface area contributed by atoms with Crippen LogP contribution < -0.4 is 15.2 Å². The third-order valence-corrected chi connectivity index (χ3v) is 6.11. The van der Waals surface area contributed by atoms with Crippen LogP contribution in [0.2, 0.25) is 0 Å². The van der Waals surface area contributed by atoms with E-state index in [-0.39, 0.29) is 17.9 Å². The Bertz CT molecular complexity index is 885. The maximum absolute atomic E-state index is 13.0. The van der Waals surface area contributed by atoms with E-state index in [1.54, 1.807) is 24.3 Å². The molecule has 2 N–H and O–H groups in total. The molecular weight excluding hydrogens is 356 g/mol. The molecule has 26 heavy (non-hydrogen) atoms. The summed E-state index contributed by atoms with van der Waals surface area (Å²) in [5.74, 6) is 0.329. The van der Waals surface area contributed by atoms with Crippen LogP contribution in [0.3, 0.4) is 0 Å². The summed E-state index contributed by atoms with van der Waals surface area (Å²) in [6, 6.07) is 14.2. The lowest BCUT2D eigenvalue weighted by Crippen LogP contribution is -2.43. The smallest absolute Gasteiger partial charge is 0.244 e. The van der Waals surface area contributed by atoms with Crippen molar-refractivity contribution in [2.75, 3.05) is 13.7 Å². The van der Waals surface area contributed by atoms with E-state index in [0.29, 0.717) is 11.5 Å². The van der Waals surface area contributed by atoms with Crippen LogP contribution >= 0.6 is 0 Å². The van der Waals surface area contributed by atoms with Crippen molar-refractivity contribution in [2.24, 2.45) is 5.73 Å². The maximum atomic E-state index is 13.0. The molecule has 2 atom stereocenters. The van der Waals surface area contributed by atoms with E-state index in [0.717, 1.165) is 4.31 Å². The number of nitrogens with two attached hydrogens (primary N) is 1. The Balaban J connectivity index is 1.87. The molecule has 2 aromatic rings. The molecule has 0 aliphatic carbocycles. The second-order valence-electron chi connectivity index (χ2n) is 5.96. The van der Waals surface area contributed by atoms with Crippen molar-refractivity contribution in [2.45, 2.75) is 23.5 Å². The highest BCUT2D eigenvalue weighted by molar-refractivity contribution is 7.89. The lowest BCUT2D eigenvalue weighted by atomic mass is 10.2. The van der Waals surface area contributed by atoms with Crippen molar-refractivity contribution >= 4 is 15.9 Å². The molecule has 1 amide bonds. The van der Waals surface area contributed by atoms with Crippen LogP contribution in [0, 0.1) is 0 Å².